The first-order valence-electron chi connectivity index (χ1n) is 6.61. The van der Waals surface area contributed by atoms with Crippen LogP contribution in [0.5, 0.6) is 0 Å². The standard InChI is InChI=1S/C15H23NO2/c1-12(14(17)13-7-5-4-6-8-13)16-9-10-18-15(2,3)11-16/h4-8,12,14,17H,9-11H2,1-3H3. The van der Waals surface area contributed by atoms with E-state index in [4.69, 9.17) is 4.74 Å². The number of aliphatic hydroxyl groups excluding tert-OH is 1. The Kier molecular flexibility index (Phi) is 4.05. The monoisotopic (exact) mass is 249 g/mol. The molecule has 0 saturated carbocycles. The second-order valence-electron chi connectivity index (χ2n) is 5.67. The van der Waals surface area contributed by atoms with Gasteiger partial charge in [0.05, 0.1) is 18.3 Å². The van der Waals surface area contributed by atoms with Crippen molar-refractivity contribution in [2.45, 2.75) is 38.5 Å². The molecule has 3 heteroatoms. The number of nitrogens with zero attached hydrogens (tertiary/aromatic N) is 1. The Morgan fingerprint density at radius 2 is 1.94 bits per heavy atom. The summed E-state index contributed by atoms with van der Waals surface area (Å²) in [5.41, 5.74) is 0.859. The molecule has 0 aromatic heterocycles. The Balaban J connectivity index is 2.05. The lowest BCUT2D eigenvalue weighted by Crippen LogP contribution is -2.52. The van der Waals surface area contributed by atoms with Crippen molar-refractivity contribution in [3.63, 3.8) is 0 Å². The third kappa shape index (κ3) is 3.10. The molecule has 0 bridgehead atoms. The summed E-state index contributed by atoms with van der Waals surface area (Å²) < 4.78 is 5.71. The van der Waals surface area contributed by atoms with Crippen LogP contribution in [0.2, 0.25) is 0 Å². The summed E-state index contributed by atoms with van der Waals surface area (Å²) in [4.78, 5) is 2.31. The van der Waals surface area contributed by atoms with Gasteiger partial charge in [-0.2, -0.15) is 0 Å². The summed E-state index contributed by atoms with van der Waals surface area (Å²) in [5.74, 6) is 0. The van der Waals surface area contributed by atoms with E-state index in [0.29, 0.717) is 0 Å². The zero-order valence-electron chi connectivity index (χ0n) is 11.5. The predicted molar refractivity (Wildman–Crippen MR) is 72.5 cm³/mol. The van der Waals surface area contributed by atoms with Crippen molar-refractivity contribution >= 4 is 0 Å². The molecular weight excluding hydrogens is 226 g/mol. The Morgan fingerprint density at radius 3 is 2.56 bits per heavy atom. The highest BCUT2D eigenvalue weighted by Crippen LogP contribution is 2.25. The van der Waals surface area contributed by atoms with E-state index < -0.39 is 6.10 Å². The Bertz CT molecular complexity index is 377. The van der Waals surface area contributed by atoms with Crippen molar-refractivity contribution in [1.82, 2.24) is 4.90 Å². The molecule has 0 amide bonds. The van der Waals surface area contributed by atoms with E-state index in [1.807, 2.05) is 30.3 Å². The third-order valence-electron chi connectivity index (χ3n) is 3.63. The minimum absolute atomic E-state index is 0.107. The molecule has 1 aromatic carbocycles. The van der Waals surface area contributed by atoms with E-state index in [1.165, 1.54) is 0 Å². The van der Waals surface area contributed by atoms with Gasteiger partial charge in [-0.05, 0) is 26.3 Å². The number of rotatable bonds is 3. The number of benzene rings is 1. The molecule has 1 aliphatic heterocycles. The maximum atomic E-state index is 10.4. The maximum absolute atomic E-state index is 10.4. The summed E-state index contributed by atoms with van der Waals surface area (Å²) in [6.07, 6.45) is -0.444. The molecule has 1 aliphatic rings. The van der Waals surface area contributed by atoms with E-state index in [-0.39, 0.29) is 11.6 Å². The third-order valence-corrected chi connectivity index (χ3v) is 3.63. The highest BCUT2D eigenvalue weighted by atomic mass is 16.5. The molecule has 0 radical (unpaired) electrons. The smallest absolute Gasteiger partial charge is 0.0942 e. The Labute approximate surface area is 109 Å². The van der Waals surface area contributed by atoms with Gasteiger partial charge in [-0.3, -0.25) is 4.90 Å². The van der Waals surface area contributed by atoms with Crippen LogP contribution >= 0.6 is 0 Å². The average Bonchev–Trinajstić information content (AvgIpc) is 2.37. The number of morpholine rings is 1. The number of aliphatic hydroxyl groups is 1. The molecule has 0 aliphatic carbocycles. The quantitative estimate of drug-likeness (QED) is 0.891. The van der Waals surface area contributed by atoms with Crippen molar-refractivity contribution in [2.75, 3.05) is 19.7 Å². The van der Waals surface area contributed by atoms with E-state index in [0.717, 1.165) is 25.3 Å². The normalized spacial score (nSPS) is 23.6. The molecule has 1 fully saturated rings. The van der Waals surface area contributed by atoms with Crippen molar-refractivity contribution in [1.29, 1.82) is 0 Å². The van der Waals surface area contributed by atoms with Gasteiger partial charge in [-0.25, -0.2) is 0 Å². The summed E-state index contributed by atoms with van der Waals surface area (Å²) >= 11 is 0. The second-order valence-corrected chi connectivity index (χ2v) is 5.67. The van der Waals surface area contributed by atoms with Gasteiger partial charge in [0.1, 0.15) is 0 Å². The molecule has 18 heavy (non-hydrogen) atoms. The van der Waals surface area contributed by atoms with E-state index >= 15 is 0 Å². The molecule has 1 aromatic rings. The zero-order valence-corrected chi connectivity index (χ0v) is 11.5. The van der Waals surface area contributed by atoms with Crippen molar-refractivity contribution in [2.24, 2.45) is 0 Å². The molecule has 1 saturated heterocycles. The highest BCUT2D eigenvalue weighted by molar-refractivity contribution is 5.18. The minimum Gasteiger partial charge on any atom is -0.387 e. The molecule has 2 atom stereocenters. The van der Waals surface area contributed by atoms with Gasteiger partial charge in [0, 0.05) is 19.1 Å². The van der Waals surface area contributed by atoms with Crippen LogP contribution in [-0.2, 0) is 4.74 Å². The number of hydrogen-bond acceptors (Lipinski definition) is 3. The molecule has 2 rings (SSSR count). The van der Waals surface area contributed by atoms with E-state index in [2.05, 4.69) is 25.7 Å². The lowest BCUT2D eigenvalue weighted by Gasteiger charge is -2.42. The predicted octanol–water partition coefficient (Wildman–Crippen LogP) is 2.22. The first-order valence-corrected chi connectivity index (χ1v) is 6.61. The fourth-order valence-corrected chi connectivity index (χ4v) is 2.53. The van der Waals surface area contributed by atoms with E-state index in [1.54, 1.807) is 0 Å². The van der Waals surface area contributed by atoms with Gasteiger partial charge in [0.25, 0.3) is 0 Å². The largest absolute Gasteiger partial charge is 0.387 e. The van der Waals surface area contributed by atoms with Crippen molar-refractivity contribution in [3.8, 4) is 0 Å². The van der Waals surface area contributed by atoms with Crippen LogP contribution in [-0.4, -0.2) is 41.3 Å². The Hall–Kier alpha value is -0.900. The van der Waals surface area contributed by atoms with Gasteiger partial charge < -0.3 is 9.84 Å². The fourth-order valence-electron chi connectivity index (χ4n) is 2.53. The van der Waals surface area contributed by atoms with Crippen LogP contribution in [0, 0.1) is 0 Å². The topological polar surface area (TPSA) is 32.7 Å². The summed E-state index contributed by atoms with van der Waals surface area (Å²) in [7, 11) is 0. The van der Waals surface area contributed by atoms with Gasteiger partial charge in [-0.15, -0.1) is 0 Å². The average molecular weight is 249 g/mol. The van der Waals surface area contributed by atoms with Gasteiger partial charge in [0.2, 0.25) is 0 Å². The molecule has 3 nitrogen and oxygen atoms in total. The summed E-state index contributed by atoms with van der Waals surface area (Å²) in [5, 5.41) is 10.4. The fraction of sp³-hybridized carbons (Fsp3) is 0.600. The SMILES string of the molecule is CC(C(O)c1ccccc1)N1CCOC(C)(C)C1. The van der Waals surface area contributed by atoms with Gasteiger partial charge in [0.15, 0.2) is 0 Å². The zero-order chi connectivity index (χ0) is 13.2. The van der Waals surface area contributed by atoms with Crippen molar-refractivity contribution in [3.05, 3.63) is 35.9 Å². The van der Waals surface area contributed by atoms with Crippen LogP contribution in [0.3, 0.4) is 0 Å². The summed E-state index contributed by atoms with van der Waals surface area (Å²) in [6.45, 7) is 8.76. The number of ether oxygens (including phenoxy) is 1. The molecule has 2 unspecified atom stereocenters. The van der Waals surface area contributed by atoms with Gasteiger partial charge in [-0.1, -0.05) is 30.3 Å². The number of hydrogen-bond donors (Lipinski definition) is 1. The van der Waals surface area contributed by atoms with Gasteiger partial charge >= 0.3 is 0 Å². The first-order chi connectivity index (χ1) is 8.49. The molecular formula is C15H23NO2. The van der Waals surface area contributed by atoms with Crippen molar-refractivity contribution < 1.29 is 9.84 Å². The van der Waals surface area contributed by atoms with E-state index in [9.17, 15) is 5.11 Å². The minimum atomic E-state index is -0.444. The maximum Gasteiger partial charge on any atom is 0.0942 e. The lowest BCUT2D eigenvalue weighted by molar-refractivity contribution is -0.108. The first kappa shape index (κ1) is 13.5. The summed E-state index contributed by atoms with van der Waals surface area (Å²) in [6, 6.07) is 9.97. The van der Waals surface area contributed by atoms with Crippen LogP contribution in [0.25, 0.3) is 0 Å². The van der Waals surface area contributed by atoms with Crippen LogP contribution < -0.4 is 0 Å². The molecule has 1 N–H and O–H groups in total. The molecule has 100 valence electrons. The van der Waals surface area contributed by atoms with Crippen LogP contribution in [0.4, 0.5) is 0 Å². The van der Waals surface area contributed by atoms with Crippen LogP contribution in [0.15, 0.2) is 30.3 Å². The van der Waals surface area contributed by atoms with Crippen LogP contribution in [0.1, 0.15) is 32.4 Å². The Morgan fingerprint density at radius 1 is 1.28 bits per heavy atom. The molecule has 1 heterocycles. The lowest BCUT2D eigenvalue weighted by atomic mass is 9.99. The highest BCUT2D eigenvalue weighted by Gasteiger charge is 2.32. The molecule has 0 spiro atoms. The second kappa shape index (κ2) is 5.39.